The minimum atomic E-state index is 0.410. The first-order chi connectivity index (χ1) is 12.6. The summed E-state index contributed by atoms with van der Waals surface area (Å²) < 4.78 is 12.1. The summed E-state index contributed by atoms with van der Waals surface area (Å²) >= 11 is 0. The molecule has 2 aliphatic rings. The molecule has 2 aliphatic heterocycles. The summed E-state index contributed by atoms with van der Waals surface area (Å²) in [7, 11) is 4.26. The molecule has 0 bridgehead atoms. The lowest BCUT2D eigenvalue weighted by molar-refractivity contribution is -0.105. The second-order valence-corrected chi connectivity index (χ2v) is 7.36. The van der Waals surface area contributed by atoms with Gasteiger partial charge in [0.05, 0.1) is 11.4 Å². The molecular weight excluding hydrogens is 332 g/mol. The van der Waals surface area contributed by atoms with Gasteiger partial charge in [0.1, 0.15) is 13.2 Å². The molecule has 0 aromatic carbocycles. The molecule has 3 rings (SSSR count). The third kappa shape index (κ3) is 4.45. The number of aryl methyl sites for hydroxylation is 1. The number of ether oxygens (including phenoxy) is 2. The summed E-state index contributed by atoms with van der Waals surface area (Å²) in [4.78, 5) is 20.0. The molecule has 0 radical (unpaired) electrons. The van der Waals surface area contributed by atoms with Gasteiger partial charge in [0.2, 0.25) is 6.41 Å². The monoisotopic (exact) mass is 362 g/mol. The number of nitrogens with one attached hydrogen (secondary N) is 1. The van der Waals surface area contributed by atoms with Gasteiger partial charge in [0, 0.05) is 18.2 Å². The van der Waals surface area contributed by atoms with E-state index in [4.69, 9.17) is 9.47 Å². The second-order valence-electron chi connectivity index (χ2n) is 7.36. The van der Waals surface area contributed by atoms with Crippen molar-refractivity contribution in [2.24, 2.45) is 0 Å². The van der Waals surface area contributed by atoms with Crippen LogP contribution in [-0.2, 0) is 4.79 Å². The second kappa shape index (κ2) is 8.68. The maximum Gasteiger partial charge on any atom is 0.257 e. The van der Waals surface area contributed by atoms with Crippen molar-refractivity contribution in [3.05, 3.63) is 11.8 Å². The van der Waals surface area contributed by atoms with Crippen LogP contribution < -0.4 is 14.8 Å². The SMILES string of the molecule is Cc1nc(OC[C@@H]2CCCN2C)c(OC[C@@H]2CCCN2C)cc1NC=O. The predicted molar refractivity (Wildman–Crippen MR) is 101 cm³/mol. The highest BCUT2D eigenvalue weighted by Crippen LogP contribution is 2.31. The molecule has 26 heavy (non-hydrogen) atoms. The van der Waals surface area contributed by atoms with Crippen molar-refractivity contribution >= 4 is 12.1 Å². The maximum absolute atomic E-state index is 10.8. The van der Waals surface area contributed by atoms with Crippen LogP contribution in [0.2, 0.25) is 0 Å². The Hall–Kier alpha value is -1.86. The Bertz CT molecular complexity index is 625. The molecule has 1 aromatic heterocycles. The zero-order valence-electron chi connectivity index (χ0n) is 16.0. The fourth-order valence-electron chi connectivity index (χ4n) is 3.72. The Labute approximate surface area is 155 Å². The number of likely N-dealkylation sites (tertiary alicyclic amines) is 2. The highest BCUT2D eigenvalue weighted by molar-refractivity contribution is 5.73. The summed E-state index contributed by atoms with van der Waals surface area (Å²) in [6.45, 7) is 5.27. The van der Waals surface area contributed by atoms with Crippen LogP contribution in [0.1, 0.15) is 31.4 Å². The van der Waals surface area contributed by atoms with Crippen LogP contribution in [0, 0.1) is 6.92 Å². The van der Waals surface area contributed by atoms with Gasteiger partial charge in [0.25, 0.3) is 5.88 Å². The molecule has 2 fully saturated rings. The van der Waals surface area contributed by atoms with E-state index < -0.39 is 0 Å². The number of pyridine rings is 1. The number of nitrogens with zero attached hydrogens (tertiary/aromatic N) is 3. The third-order valence-corrected chi connectivity index (χ3v) is 5.55. The Balaban J connectivity index is 1.72. The number of hydrogen-bond acceptors (Lipinski definition) is 6. The van der Waals surface area contributed by atoms with E-state index in [0.29, 0.717) is 49.0 Å². The third-order valence-electron chi connectivity index (χ3n) is 5.55. The molecule has 1 aromatic rings. The molecular formula is C19H30N4O3. The van der Waals surface area contributed by atoms with E-state index in [9.17, 15) is 4.79 Å². The van der Waals surface area contributed by atoms with Crippen LogP contribution in [0.15, 0.2) is 6.07 Å². The molecule has 2 saturated heterocycles. The van der Waals surface area contributed by atoms with E-state index in [1.807, 2.05) is 13.0 Å². The predicted octanol–water partition coefficient (Wildman–Crippen LogP) is 1.90. The topological polar surface area (TPSA) is 66.9 Å². The van der Waals surface area contributed by atoms with Gasteiger partial charge in [-0.15, -0.1) is 0 Å². The van der Waals surface area contributed by atoms with E-state index in [0.717, 1.165) is 31.6 Å². The number of carbonyl (C=O) groups is 1. The molecule has 1 N–H and O–H groups in total. The largest absolute Gasteiger partial charge is 0.486 e. The molecule has 144 valence electrons. The van der Waals surface area contributed by atoms with E-state index in [2.05, 4.69) is 34.2 Å². The van der Waals surface area contributed by atoms with Gasteiger partial charge in [0.15, 0.2) is 5.75 Å². The van der Waals surface area contributed by atoms with E-state index in [1.54, 1.807) is 0 Å². The van der Waals surface area contributed by atoms with Crippen LogP contribution in [0.4, 0.5) is 5.69 Å². The summed E-state index contributed by atoms with van der Waals surface area (Å²) in [6.07, 6.45) is 5.34. The standard InChI is InChI=1S/C19H30N4O3/c1-14-17(20-13-24)10-18(25-11-15-6-4-8-22(15)2)19(21-14)26-12-16-7-5-9-23(16)3/h10,13,15-16H,4-9,11-12H2,1-3H3,(H,20,24)/t15-,16-/m0/s1. The highest BCUT2D eigenvalue weighted by Gasteiger charge is 2.24. The first-order valence-electron chi connectivity index (χ1n) is 9.46. The number of hydrogen-bond donors (Lipinski definition) is 1. The molecule has 7 heteroatoms. The van der Waals surface area contributed by atoms with Gasteiger partial charge in [-0.1, -0.05) is 0 Å². The zero-order chi connectivity index (χ0) is 18.5. The average molecular weight is 362 g/mol. The number of likely N-dealkylation sites (N-methyl/N-ethyl adjacent to an activating group) is 2. The highest BCUT2D eigenvalue weighted by atomic mass is 16.5. The van der Waals surface area contributed by atoms with Crippen molar-refractivity contribution < 1.29 is 14.3 Å². The van der Waals surface area contributed by atoms with Crippen LogP contribution in [0.25, 0.3) is 0 Å². The molecule has 0 unspecified atom stereocenters. The normalized spacial score (nSPS) is 24.0. The van der Waals surface area contributed by atoms with E-state index in [1.165, 1.54) is 12.8 Å². The molecule has 7 nitrogen and oxygen atoms in total. The van der Waals surface area contributed by atoms with Gasteiger partial charge in [-0.3, -0.25) is 4.79 Å². The van der Waals surface area contributed by atoms with Crippen LogP contribution >= 0.6 is 0 Å². The fraction of sp³-hybridized carbons (Fsp3) is 0.684. The van der Waals surface area contributed by atoms with Gasteiger partial charge >= 0.3 is 0 Å². The zero-order valence-corrected chi connectivity index (χ0v) is 16.0. The minimum Gasteiger partial charge on any atom is -0.486 e. The van der Waals surface area contributed by atoms with Crippen LogP contribution in [-0.4, -0.2) is 73.7 Å². The van der Waals surface area contributed by atoms with Crippen molar-refractivity contribution in [1.29, 1.82) is 0 Å². The quantitative estimate of drug-likeness (QED) is 0.713. The van der Waals surface area contributed by atoms with Gasteiger partial charge in [-0.25, -0.2) is 4.98 Å². The maximum atomic E-state index is 10.8. The first-order valence-corrected chi connectivity index (χ1v) is 9.46. The summed E-state index contributed by atoms with van der Waals surface area (Å²) in [5.41, 5.74) is 1.37. The Morgan fingerprint density at radius 1 is 1.15 bits per heavy atom. The summed E-state index contributed by atoms with van der Waals surface area (Å²) in [5.74, 6) is 1.11. The summed E-state index contributed by atoms with van der Waals surface area (Å²) in [5, 5.41) is 2.69. The van der Waals surface area contributed by atoms with Gasteiger partial charge < -0.3 is 24.6 Å². The van der Waals surface area contributed by atoms with Crippen molar-refractivity contribution in [3.63, 3.8) is 0 Å². The Kier molecular flexibility index (Phi) is 6.32. The van der Waals surface area contributed by atoms with E-state index >= 15 is 0 Å². The molecule has 2 atom stereocenters. The number of aromatic nitrogens is 1. The van der Waals surface area contributed by atoms with Crippen molar-refractivity contribution in [2.75, 3.05) is 45.7 Å². The van der Waals surface area contributed by atoms with Crippen molar-refractivity contribution in [1.82, 2.24) is 14.8 Å². The van der Waals surface area contributed by atoms with Crippen molar-refractivity contribution in [3.8, 4) is 11.6 Å². The lowest BCUT2D eigenvalue weighted by Crippen LogP contribution is -2.31. The number of amides is 1. The number of anilines is 1. The number of rotatable bonds is 8. The first kappa shape index (κ1) is 18.9. The average Bonchev–Trinajstić information content (AvgIpc) is 3.22. The molecule has 1 amide bonds. The fourth-order valence-corrected chi connectivity index (χ4v) is 3.72. The minimum absolute atomic E-state index is 0.410. The van der Waals surface area contributed by atoms with Crippen molar-refractivity contribution in [2.45, 2.75) is 44.7 Å². The lowest BCUT2D eigenvalue weighted by atomic mass is 10.2. The Morgan fingerprint density at radius 3 is 2.31 bits per heavy atom. The molecule has 0 spiro atoms. The van der Waals surface area contributed by atoms with Crippen LogP contribution in [0.5, 0.6) is 11.6 Å². The van der Waals surface area contributed by atoms with Gasteiger partial charge in [-0.2, -0.15) is 0 Å². The van der Waals surface area contributed by atoms with Crippen LogP contribution in [0.3, 0.4) is 0 Å². The Morgan fingerprint density at radius 2 is 1.77 bits per heavy atom. The smallest absolute Gasteiger partial charge is 0.257 e. The summed E-state index contributed by atoms with van der Waals surface area (Å²) in [6, 6.07) is 2.64. The lowest BCUT2D eigenvalue weighted by Gasteiger charge is -2.23. The molecule has 0 saturated carbocycles. The number of carbonyl (C=O) groups excluding carboxylic acids is 1. The molecule has 3 heterocycles. The van der Waals surface area contributed by atoms with Gasteiger partial charge in [-0.05, 0) is 59.8 Å². The van der Waals surface area contributed by atoms with E-state index in [-0.39, 0.29) is 0 Å². The molecule has 0 aliphatic carbocycles.